The average Bonchev–Trinajstić information content (AvgIpc) is 3.15. The van der Waals surface area contributed by atoms with Gasteiger partial charge in [-0.2, -0.15) is 0 Å². The summed E-state index contributed by atoms with van der Waals surface area (Å²) >= 11 is 0. The van der Waals surface area contributed by atoms with Gasteiger partial charge in [0.05, 0.1) is 12.4 Å². The summed E-state index contributed by atoms with van der Waals surface area (Å²) in [5, 5.41) is 10.3. The summed E-state index contributed by atoms with van der Waals surface area (Å²) in [4.78, 5) is 11.3. The summed E-state index contributed by atoms with van der Waals surface area (Å²) in [6.45, 7) is 0.609. The molecule has 5 heteroatoms. The van der Waals surface area contributed by atoms with Crippen LogP contribution in [0.1, 0.15) is 31.2 Å². The zero-order valence-electron chi connectivity index (χ0n) is 11.4. The predicted molar refractivity (Wildman–Crippen MR) is 77.1 cm³/mol. The van der Waals surface area contributed by atoms with E-state index in [1.54, 1.807) is 0 Å². The molecular weight excluding hydrogens is 254 g/mol. The van der Waals surface area contributed by atoms with Gasteiger partial charge < -0.3 is 15.8 Å². The van der Waals surface area contributed by atoms with Crippen molar-refractivity contribution < 1.29 is 9.53 Å². The normalized spacial score (nSPS) is 18.9. The molecule has 1 aliphatic carbocycles. The Bertz CT molecular complexity index is 564. The standard InChI is InChI=1S/C15H19N3O2/c16-13(17)8-15(5-6-15)9-20-11-2-3-12-10(7-11)1-4-14(19)18-12/h2-3,7H,1,4-6,8-9H2,(H3,16,17)(H,18,19). The maximum Gasteiger partial charge on any atom is 0.224 e. The van der Waals surface area contributed by atoms with Crippen molar-refractivity contribution in [3.8, 4) is 5.75 Å². The minimum atomic E-state index is 0.0737. The first kappa shape index (κ1) is 13.0. The molecule has 0 spiro atoms. The molecule has 4 N–H and O–H groups in total. The lowest BCUT2D eigenvalue weighted by Gasteiger charge is -2.19. The van der Waals surface area contributed by atoms with Gasteiger partial charge in [-0.15, -0.1) is 0 Å². The Morgan fingerprint density at radius 2 is 2.20 bits per heavy atom. The molecule has 20 heavy (non-hydrogen) atoms. The van der Waals surface area contributed by atoms with E-state index in [-0.39, 0.29) is 17.2 Å². The van der Waals surface area contributed by atoms with E-state index in [1.165, 1.54) is 0 Å². The number of ether oxygens (including phenoxy) is 1. The van der Waals surface area contributed by atoms with Crippen molar-refractivity contribution in [2.24, 2.45) is 11.1 Å². The summed E-state index contributed by atoms with van der Waals surface area (Å²) in [5.74, 6) is 1.14. The molecule has 1 aromatic rings. The fourth-order valence-electron chi connectivity index (χ4n) is 2.64. The Morgan fingerprint density at radius 3 is 2.90 bits per heavy atom. The van der Waals surface area contributed by atoms with E-state index in [0.717, 1.165) is 36.3 Å². The highest BCUT2D eigenvalue weighted by atomic mass is 16.5. The lowest BCUT2D eigenvalue weighted by Crippen LogP contribution is -2.22. The molecule has 1 aliphatic heterocycles. The molecule has 0 radical (unpaired) electrons. The van der Waals surface area contributed by atoms with Gasteiger partial charge in [0.2, 0.25) is 5.91 Å². The summed E-state index contributed by atoms with van der Waals surface area (Å²) in [6, 6.07) is 5.78. The third-order valence-electron chi connectivity index (χ3n) is 4.04. The number of benzene rings is 1. The van der Waals surface area contributed by atoms with Gasteiger partial charge in [0.1, 0.15) is 5.75 Å². The number of amidine groups is 1. The first-order chi connectivity index (χ1) is 9.56. The number of anilines is 1. The number of nitrogens with two attached hydrogens (primary N) is 1. The van der Waals surface area contributed by atoms with Crippen LogP contribution in [-0.4, -0.2) is 18.3 Å². The predicted octanol–water partition coefficient (Wildman–Crippen LogP) is 2.06. The number of hydrogen-bond donors (Lipinski definition) is 3. The van der Waals surface area contributed by atoms with E-state index in [4.69, 9.17) is 15.9 Å². The number of hydrogen-bond acceptors (Lipinski definition) is 3. The van der Waals surface area contributed by atoms with E-state index in [9.17, 15) is 4.79 Å². The van der Waals surface area contributed by atoms with E-state index in [2.05, 4.69) is 5.32 Å². The van der Waals surface area contributed by atoms with Crippen molar-refractivity contribution in [1.29, 1.82) is 5.41 Å². The lowest BCUT2D eigenvalue weighted by molar-refractivity contribution is -0.116. The molecule has 1 heterocycles. The quantitative estimate of drug-likeness (QED) is 0.566. The summed E-state index contributed by atoms with van der Waals surface area (Å²) in [7, 11) is 0. The largest absolute Gasteiger partial charge is 0.493 e. The van der Waals surface area contributed by atoms with Crippen LogP contribution in [0.15, 0.2) is 18.2 Å². The van der Waals surface area contributed by atoms with Gasteiger partial charge in [0.15, 0.2) is 0 Å². The number of fused-ring (bicyclic) bond motifs is 1. The maximum absolute atomic E-state index is 11.3. The molecular formula is C15H19N3O2. The third kappa shape index (κ3) is 2.76. The monoisotopic (exact) mass is 273 g/mol. The second kappa shape index (κ2) is 4.81. The van der Waals surface area contributed by atoms with Crippen LogP contribution in [0.2, 0.25) is 0 Å². The molecule has 0 saturated heterocycles. The average molecular weight is 273 g/mol. The van der Waals surface area contributed by atoms with E-state index in [0.29, 0.717) is 19.4 Å². The topological polar surface area (TPSA) is 88.2 Å². The van der Waals surface area contributed by atoms with Crippen molar-refractivity contribution >= 4 is 17.4 Å². The highest BCUT2D eigenvalue weighted by molar-refractivity contribution is 5.94. The summed E-state index contributed by atoms with van der Waals surface area (Å²) in [6.07, 6.45) is 4.07. The molecule has 0 atom stereocenters. The Labute approximate surface area is 118 Å². The van der Waals surface area contributed by atoms with Crippen LogP contribution in [0.3, 0.4) is 0 Å². The number of aryl methyl sites for hydroxylation is 1. The van der Waals surface area contributed by atoms with Gasteiger partial charge in [-0.1, -0.05) is 0 Å². The van der Waals surface area contributed by atoms with Crippen LogP contribution in [0.4, 0.5) is 5.69 Å². The van der Waals surface area contributed by atoms with Crippen LogP contribution in [0.25, 0.3) is 0 Å². The first-order valence-corrected chi connectivity index (χ1v) is 6.95. The Hall–Kier alpha value is -2.04. The van der Waals surface area contributed by atoms with Gasteiger partial charge in [-0.05, 0) is 43.0 Å². The third-order valence-corrected chi connectivity index (χ3v) is 4.04. The van der Waals surface area contributed by atoms with Gasteiger partial charge >= 0.3 is 0 Å². The Kier molecular flexibility index (Phi) is 3.12. The molecule has 0 bridgehead atoms. The molecule has 1 amide bonds. The zero-order valence-corrected chi connectivity index (χ0v) is 11.4. The SMILES string of the molecule is N=C(N)CC1(COc2ccc3c(c2)CCC(=O)N3)CC1. The fraction of sp³-hybridized carbons (Fsp3) is 0.467. The lowest BCUT2D eigenvalue weighted by atomic mass is 10.0. The second-order valence-electron chi connectivity index (χ2n) is 5.86. The molecule has 2 aliphatic rings. The maximum atomic E-state index is 11.3. The van der Waals surface area contributed by atoms with Gasteiger partial charge in [-0.25, -0.2) is 0 Å². The van der Waals surface area contributed by atoms with Crippen molar-refractivity contribution in [3.05, 3.63) is 23.8 Å². The van der Waals surface area contributed by atoms with Gasteiger partial charge in [0.25, 0.3) is 0 Å². The van der Waals surface area contributed by atoms with Crippen LogP contribution >= 0.6 is 0 Å². The number of nitrogens with one attached hydrogen (secondary N) is 2. The Morgan fingerprint density at radius 1 is 1.40 bits per heavy atom. The van der Waals surface area contributed by atoms with Gasteiger partial charge in [-0.3, -0.25) is 10.2 Å². The number of rotatable bonds is 5. The van der Waals surface area contributed by atoms with Gasteiger partial charge in [0, 0.05) is 23.9 Å². The molecule has 3 rings (SSSR count). The van der Waals surface area contributed by atoms with Crippen LogP contribution in [-0.2, 0) is 11.2 Å². The second-order valence-corrected chi connectivity index (χ2v) is 5.86. The van der Waals surface area contributed by atoms with E-state index < -0.39 is 0 Å². The van der Waals surface area contributed by atoms with Crippen LogP contribution in [0, 0.1) is 10.8 Å². The molecule has 1 aromatic carbocycles. The van der Waals surface area contributed by atoms with Crippen molar-refractivity contribution in [1.82, 2.24) is 0 Å². The number of carbonyl (C=O) groups excluding carboxylic acids is 1. The molecule has 0 unspecified atom stereocenters. The number of carbonyl (C=O) groups is 1. The highest BCUT2D eigenvalue weighted by Gasteiger charge is 2.44. The summed E-state index contributed by atoms with van der Waals surface area (Å²) in [5.41, 5.74) is 7.57. The molecule has 5 nitrogen and oxygen atoms in total. The minimum absolute atomic E-state index is 0.0737. The van der Waals surface area contributed by atoms with Crippen LogP contribution in [0.5, 0.6) is 5.75 Å². The minimum Gasteiger partial charge on any atom is -0.493 e. The molecule has 1 fully saturated rings. The molecule has 106 valence electrons. The van der Waals surface area contributed by atoms with E-state index >= 15 is 0 Å². The Balaban J connectivity index is 1.64. The fourth-order valence-corrected chi connectivity index (χ4v) is 2.64. The number of amides is 1. The smallest absolute Gasteiger partial charge is 0.224 e. The van der Waals surface area contributed by atoms with E-state index in [1.807, 2.05) is 18.2 Å². The highest BCUT2D eigenvalue weighted by Crippen LogP contribution is 2.49. The molecule has 1 saturated carbocycles. The van der Waals surface area contributed by atoms with Crippen molar-refractivity contribution in [2.45, 2.75) is 32.1 Å². The zero-order chi connectivity index (χ0) is 14.2. The first-order valence-electron chi connectivity index (χ1n) is 6.95. The summed E-state index contributed by atoms with van der Waals surface area (Å²) < 4.78 is 5.86. The van der Waals surface area contributed by atoms with Crippen molar-refractivity contribution in [2.75, 3.05) is 11.9 Å². The molecule has 0 aromatic heterocycles. The van der Waals surface area contributed by atoms with Crippen molar-refractivity contribution in [3.63, 3.8) is 0 Å². The van der Waals surface area contributed by atoms with Crippen LogP contribution < -0.4 is 15.8 Å².